The molecular weight excluding hydrogens is 750 g/mol. The lowest BCUT2D eigenvalue weighted by Gasteiger charge is -2.46. The molecule has 2 fully saturated rings. The van der Waals surface area contributed by atoms with E-state index >= 15 is 0 Å². The maximum atomic E-state index is 13.1. The highest BCUT2D eigenvalue weighted by Crippen LogP contribution is 2.30. The van der Waals surface area contributed by atoms with Crippen LogP contribution in [0.3, 0.4) is 0 Å². The van der Waals surface area contributed by atoms with E-state index in [2.05, 4.69) is 43.5 Å². The normalized spacial score (nSPS) is 29.1. The molecule has 0 aromatic rings. The minimum Gasteiger partial charge on any atom is -0.394 e. The molecule has 0 aromatic carbocycles. The predicted molar refractivity (Wildman–Crippen MR) is 221 cm³/mol. The van der Waals surface area contributed by atoms with Crippen LogP contribution < -0.4 is 5.32 Å². The van der Waals surface area contributed by atoms with E-state index in [-0.39, 0.29) is 18.9 Å². The highest BCUT2D eigenvalue weighted by molar-refractivity contribution is 5.76. The van der Waals surface area contributed by atoms with Gasteiger partial charge in [-0.1, -0.05) is 121 Å². The minimum atomic E-state index is -1.79. The monoisotopic (exact) mass is 830 g/mol. The smallest absolute Gasteiger partial charge is 0.220 e. The van der Waals surface area contributed by atoms with Crippen LogP contribution in [0.1, 0.15) is 142 Å². The lowest BCUT2D eigenvalue weighted by Crippen LogP contribution is -2.65. The summed E-state index contributed by atoms with van der Waals surface area (Å²) in [6.45, 7) is 2.67. The number of hydrogen-bond donors (Lipinski definition) is 9. The Morgan fingerprint density at radius 1 is 0.621 bits per heavy atom. The van der Waals surface area contributed by atoms with Gasteiger partial charge in [-0.3, -0.25) is 4.79 Å². The minimum absolute atomic E-state index is 0.260. The molecule has 58 heavy (non-hydrogen) atoms. The molecule has 0 spiro atoms. The number of allylic oxidation sites excluding steroid dienone is 5. The van der Waals surface area contributed by atoms with Crippen molar-refractivity contribution >= 4 is 5.91 Å². The number of rotatable bonds is 32. The number of hydrogen-bond acceptors (Lipinski definition) is 13. The average Bonchev–Trinajstić information content (AvgIpc) is 3.22. The molecule has 14 heteroatoms. The maximum Gasteiger partial charge on any atom is 0.220 e. The second kappa shape index (κ2) is 32.0. The zero-order chi connectivity index (χ0) is 42.5. The van der Waals surface area contributed by atoms with E-state index in [4.69, 9.17) is 18.9 Å². The van der Waals surface area contributed by atoms with Crippen LogP contribution in [-0.2, 0) is 23.7 Å². The lowest BCUT2D eigenvalue weighted by atomic mass is 9.97. The molecule has 2 aliphatic heterocycles. The van der Waals surface area contributed by atoms with E-state index in [0.717, 1.165) is 70.6 Å². The Balaban J connectivity index is 1.88. The first-order chi connectivity index (χ1) is 28.1. The third kappa shape index (κ3) is 20.2. The van der Waals surface area contributed by atoms with Gasteiger partial charge in [-0.2, -0.15) is 0 Å². The summed E-state index contributed by atoms with van der Waals surface area (Å²) < 4.78 is 22.5. The molecule has 2 heterocycles. The Kier molecular flexibility index (Phi) is 28.9. The largest absolute Gasteiger partial charge is 0.394 e. The van der Waals surface area contributed by atoms with Crippen LogP contribution in [0.4, 0.5) is 0 Å². The van der Waals surface area contributed by atoms with Crippen molar-refractivity contribution in [3.63, 3.8) is 0 Å². The molecule has 2 aliphatic rings. The van der Waals surface area contributed by atoms with Crippen LogP contribution in [0, 0.1) is 0 Å². The summed E-state index contributed by atoms with van der Waals surface area (Å²) in [4.78, 5) is 13.1. The standard InChI is InChI=1S/C44H79NO13/c1-3-5-7-9-11-13-14-15-16-17-18-19-20-22-24-26-28-36(49)45-32(33(48)27-25-23-21-12-10-8-6-4-2)31-55-43-41(54)39(52)42(35(30-47)57-43)58-44-40(53)38(51)37(50)34(29-46)56-44/h13-14,16-17,25,27,32-35,37-44,46-48,50-54H,3-12,15,18-24,26,28-31H2,1-2H3,(H,45,49)/b14-13-,17-16-,27-25+. The van der Waals surface area contributed by atoms with Crippen LogP contribution in [0.15, 0.2) is 36.5 Å². The van der Waals surface area contributed by atoms with E-state index in [9.17, 15) is 45.6 Å². The fourth-order valence-corrected chi connectivity index (χ4v) is 7.08. The van der Waals surface area contributed by atoms with Crippen molar-refractivity contribution in [1.82, 2.24) is 5.32 Å². The van der Waals surface area contributed by atoms with E-state index in [1.165, 1.54) is 44.9 Å². The lowest BCUT2D eigenvalue weighted by molar-refractivity contribution is -0.359. The third-order valence-electron chi connectivity index (χ3n) is 10.8. The number of nitrogens with one attached hydrogen (secondary N) is 1. The van der Waals surface area contributed by atoms with E-state index in [0.29, 0.717) is 6.42 Å². The van der Waals surface area contributed by atoms with Crippen molar-refractivity contribution in [2.24, 2.45) is 0 Å². The Hall–Kier alpha value is -1.79. The number of aliphatic hydroxyl groups excluding tert-OH is 8. The van der Waals surface area contributed by atoms with Gasteiger partial charge in [0.05, 0.1) is 32.0 Å². The summed E-state index contributed by atoms with van der Waals surface area (Å²) in [5, 5.41) is 86.2. The van der Waals surface area contributed by atoms with Crippen molar-refractivity contribution in [3.05, 3.63) is 36.5 Å². The van der Waals surface area contributed by atoms with E-state index in [1.54, 1.807) is 6.08 Å². The van der Waals surface area contributed by atoms with Crippen LogP contribution in [0.5, 0.6) is 0 Å². The maximum absolute atomic E-state index is 13.1. The number of aliphatic hydroxyl groups is 8. The summed E-state index contributed by atoms with van der Waals surface area (Å²) >= 11 is 0. The Bertz CT molecular complexity index is 1120. The summed E-state index contributed by atoms with van der Waals surface area (Å²) in [6, 6.07) is -0.917. The summed E-state index contributed by atoms with van der Waals surface area (Å²) in [7, 11) is 0. The second-order valence-electron chi connectivity index (χ2n) is 15.8. The van der Waals surface area contributed by atoms with Gasteiger partial charge in [-0.05, 0) is 51.4 Å². The molecule has 0 bridgehead atoms. The molecule has 0 saturated carbocycles. The van der Waals surface area contributed by atoms with Crippen molar-refractivity contribution in [2.45, 2.75) is 216 Å². The van der Waals surface area contributed by atoms with Crippen molar-refractivity contribution in [1.29, 1.82) is 0 Å². The van der Waals surface area contributed by atoms with Gasteiger partial charge in [0, 0.05) is 6.42 Å². The van der Waals surface area contributed by atoms with Gasteiger partial charge in [0.2, 0.25) is 5.91 Å². The zero-order valence-electron chi connectivity index (χ0n) is 35.3. The quantitative estimate of drug-likeness (QED) is 0.0346. The molecule has 338 valence electrons. The SMILES string of the molecule is CCCCCC/C=C\C/C=C\CCCCCCCC(=O)NC(COC1OC(CO)C(OC2OC(CO)C(O)C(O)C2O)C(O)C1O)C(O)/C=C/CCCCCCCC. The first kappa shape index (κ1) is 52.3. The van der Waals surface area contributed by atoms with Crippen LogP contribution in [0.2, 0.25) is 0 Å². The number of carbonyl (C=O) groups excluding carboxylic acids is 1. The second-order valence-corrected chi connectivity index (χ2v) is 15.8. The molecule has 0 radical (unpaired) electrons. The molecule has 2 saturated heterocycles. The predicted octanol–water partition coefficient (Wildman–Crippen LogP) is 3.98. The Labute approximate surface area is 347 Å². The molecule has 14 nitrogen and oxygen atoms in total. The molecule has 0 aliphatic carbocycles. The zero-order valence-corrected chi connectivity index (χ0v) is 35.3. The van der Waals surface area contributed by atoms with Crippen LogP contribution in [0.25, 0.3) is 0 Å². The Morgan fingerprint density at radius 3 is 1.74 bits per heavy atom. The summed E-state index contributed by atoms with van der Waals surface area (Å²) in [5.74, 6) is -0.260. The van der Waals surface area contributed by atoms with Gasteiger partial charge < -0.3 is 65.1 Å². The van der Waals surface area contributed by atoms with E-state index < -0.39 is 86.8 Å². The first-order valence-corrected chi connectivity index (χ1v) is 22.2. The van der Waals surface area contributed by atoms with Crippen molar-refractivity contribution < 1.29 is 64.6 Å². The molecule has 12 unspecified atom stereocenters. The number of unbranched alkanes of at least 4 members (excludes halogenated alkanes) is 15. The van der Waals surface area contributed by atoms with Crippen LogP contribution >= 0.6 is 0 Å². The molecule has 12 atom stereocenters. The van der Waals surface area contributed by atoms with E-state index in [1.807, 2.05) is 6.08 Å². The average molecular weight is 830 g/mol. The highest BCUT2D eigenvalue weighted by Gasteiger charge is 2.50. The highest BCUT2D eigenvalue weighted by atomic mass is 16.7. The fourth-order valence-electron chi connectivity index (χ4n) is 7.08. The number of ether oxygens (including phenoxy) is 4. The fraction of sp³-hybridized carbons (Fsp3) is 0.841. The van der Waals surface area contributed by atoms with Gasteiger partial charge >= 0.3 is 0 Å². The van der Waals surface area contributed by atoms with Crippen LogP contribution in [-0.4, -0.2) is 140 Å². The van der Waals surface area contributed by atoms with Gasteiger partial charge in [-0.25, -0.2) is 0 Å². The molecule has 9 N–H and O–H groups in total. The number of amides is 1. The molecular formula is C44H79NO13. The van der Waals surface area contributed by atoms with Crippen molar-refractivity contribution in [3.8, 4) is 0 Å². The van der Waals surface area contributed by atoms with Gasteiger partial charge in [0.15, 0.2) is 12.6 Å². The van der Waals surface area contributed by atoms with Gasteiger partial charge in [0.1, 0.15) is 48.8 Å². The summed E-state index contributed by atoms with van der Waals surface area (Å²) in [5.41, 5.74) is 0. The third-order valence-corrected chi connectivity index (χ3v) is 10.8. The molecule has 0 aromatic heterocycles. The Morgan fingerprint density at radius 2 is 1.14 bits per heavy atom. The summed E-state index contributed by atoms with van der Waals surface area (Å²) in [6.07, 6.45) is 16.4. The number of carbonyl (C=O) groups is 1. The molecule has 1 amide bonds. The molecule has 2 rings (SSSR count). The van der Waals surface area contributed by atoms with Gasteiger partial charge in [-0.15, -0.1) is 0 Å². The first-order valence-electron chi connectivity index (χ1n) is 22.2. The topological polar surface area (TPSA) is 228 Å². The van der Waals surface area contributed by atoms with Gasteiger partial charge in [0.25, 0.3) is 0 Å². The van der Waals surface area contributed by atoms with Crippen molar-refractivity contribution in [2.75, 3.05) is 19.8 Å².